The van der Waals surface area contributed by atoms with Crippen LogP contribution in [-0.2, 0) is 19.1 Å². The molecule has 0 saturated heterocycles. The third-order valence-corrected chi connectivity index (χ3v) is 3.62. The molecule has 0 aromatic heterocycles. The molecule has 1 unspecified atom stereocenters. The lowest BCUT2D eigenvalue weighted by Crippen LogP contribution is -2.16. The average Bonchev–Trinajstić information content (AvgIpc) is 3.86. The molecule has 2 aliphatic rings. The molecule has 2 fully saturated rings. The van der Waals surface area contributed by atoms with Gasteiger partial charge >= 0.3 is 0 Å². The van der Waals surface area contributed by atoms with E-state index in [1.807, 2.05) is 13.8 Å². The van der Waals surface area contributed by atoms with E-state index >= 15 is 0 Å². The summed E-state index contributed by atoms with van der Waals surface area (Å²) in [4.78, 5) is 18.9. The van der Waals surface area contributed by atoms with Gasteiger partial charge in [0, 0.05) is 40.5 Å². The summed E-state index contributed by atoms with van der Waals surface area (Å²) in [6, 6.07) is 0. The first-order valence-corrected chi connectivity index (χ1v) is 14.2. The molecule has 240 valence electrons. The molecule has 2 aliphatic carbocycles. The van der Waals surface area contributed by atoms with Gasteiger partial charge in [-0.25, -0.2) is 0 Å². The number of methoxy groups -OCH3 is 2. The number of aliphatic hydroxyl groups excluding tert-OH is 4. The number of ether oxygens (including phenoxy) is 2. The third kappa shape index (κ3) is 142. The van der Waals surface area contributed by atoms with Crippen molar-refractivity contribution in [1.29, 1.82) is 0 Å². The van der Waals surface area contributed by atoms with Crippen LogP contribution in [-0.4, -0.2) is 99.7 Å². The van der Waals surface area contributed by atoms with Gasteiger partial charge in [0.05, 0.1) is 25.9 Å². The first kappa shape index (κ1) is 50.3. The van der Waals surface area contributed by atoms with Crippen LogP contribution in [0.15, 0.2) is 12.7 Å². The van der Waals surface area contributed by atoms with Crippen molar-refractivity contribution < 1.29 is 39.5 Å². The Morgan fingerprint density at radius 2 is 1.05 bits per heavy atom. The molecular weight excluding hydrogens is 504 g/mol. The number of allylic oxidation sites excluding steroid dienone is 1. The van der Waals surface area contributed by atoms with E-state index in [4.69, 9.17) is 25.2 Å². The third-order valence-electron chi connectivity index (χ3n) is 3.62. The van der Waals surface area contributed by atoms with Gasteiger partial charge in [-0.1, -0.05) is 77.7 Å². The number of carbonyl (C=O) groups excluding carboxylic acids is 2. The Bertz CT molecular complexity index is 353. The first-order chi connectivity index (χ1) is 18.8. The van der Waals surface area contributed by atoms with E-state index in [9.17, 15) is 9.59 Å². The van der Waals surface area contributed by atoms with E-state index < -0.39 is 6.10 Å². The van der Waals surface area contributed by atoms with Crippen LogP contribution in [0.2, 0.25) is 0 Å². The quantitative estimate of drug-likeness (QED) is 0.125. The number of rotatable bonds is 11. The monoisotopic (exact) mass is 570 g/mol. The molecule has 1 atom stereocenters. The molecule has 10 heteroatoms. The topological polar surface area (TPSA) is 158 Å². The highest BCUT2D eigenvalue weighted by Crippen LogP contribution is 2.15. The lowest BCUT2D eigenvalue weighted by Gasteiger charge is -2.05. The SMILES string of the molecule is C1CC1.C1CCCCC1.C=CC.CC(O)CO.CCCO.CCCOC.COCCNC=O.O=CNCCO. The molecule has 6 N–H and O–H groups in total. The van der Waals surface area contributed by atoms with Crippen molar-refractivity contribution in [3.8, 4) is 0 Å². The minimum absolute atomic E-state index is 0.0126. The molecule has 0 aromatic rings. The zero-order chi connectivity index (χ0) is 31.3. The number of carbonyl (C=O) groups is 2. The average molecular weight is 571 g/mol. The molecule has 0 spiro atoms. The fourth-order valence-corrected chi connectivity index (χ4v) is 1.61. The second-order valence-electron chi connectivity index (χ2n) is 8.20. The maximum Gasteiger partial charge on any atom is 0.207 e. The molecule has 0 radical (unpaired) electrons. The van der Waals surface area contributed by atoms with Gasteiger partial charge in [0.15, 0.2) is 0 Å². The van der Waals surface area contributed by atoms with Crippen LogP contribution in [0.5, 0.6) is 0 Å². The standard InChI is InChI=1S/C6H12.C4H9NO2.C4H10O.C3H7NO2.C3H8O2.C3H8O.2C3H6/c1-2-4-6-5-3-1;1-7-3-2-5-4-6;1-3-4-5-2;5-2-1-4-3-6;1-3(5)2-4;1-2-3-4;1-2-3-1;1-3-2/h1-6H2;4H,2-3H2,1H3,(H,5,6);3-4H2,1-2H3;3,5H,1-2H2,(H,4,6);3-5H,2H2,1H3;4H,2-3H2,1H3;1-3H2;3H,1H2,2H3. The van der Waals surface area contributed by atoms with Crippen molar-refractivity contribution in [1.82, 2.24) is 10.6 Å². The maximum atomic E-state index is 9.51. The van der Waals surface area contributed by atoms with Crippen LogP contribution in [0.25, 0.3) is 0 Å². The highest BCUT2D eigenvalue weighted by molar-refractivity contribution is 5.45. The van der Waals surface area contributed by atoms with Gasteiger partial charge in [-0.15, -0.1) is 6.58 Å². The Balaban J connectivity index is -0.0000000809. The Morgan fingerprint density at radius 1 is 0.744 bits per heavy atom. The highest BCUT2D eigenvalue weighted by atomic mass is 16.5. The van der Waals surface area contributed by atoms with Crippen molar-refractivity contribution in [3.05, 3.63) is 12.7 Å². The smallest absolute Gasteiger partial charge is 0.207 e. The number of aliphatic hydroxyl groups is 4. The van der Waals surface area contributed by atoms with Gasteiger partial charge in [0.25, 0.3) is 0 Å². The second kappa shape index (κ2) is 65.5. The van der Waals surface area contributed by atoms with Crippen LogP contribution < -0.4 is 10.6 Å². The Morgan fingerprint density at radius 3 is 1.18 bits per heavy atom. The predicted molar refractivity (Wildman–Crippen MR) is 163 cm³/mol. The van der Waals surface area contributed by atoms with Gasteiger partial charge < -0.3 is 40.5 Å². The van der Waals surface area contributed by atoms with Gasteiger partial charge in [-0.05, 0) is 26.7 Å². The van der Waals surface area contributed by atoms with Gasteiger partial charge in [0.2, 0.25) is 12.8 Å². The van der Waals surface area contributed by atoms with Crippen LogP contribution in [0.3, 0.4) is 0 Å². The van der Waals surface area contributed by atoms with E-state index in [-0.39, 0.29) is 13.2 Å². The van der Waals surface area contributed by atoms with E-state index in [0.29, 0.717) is 39.1 Å². The summed E-state index contributed by atoms with van der Waals surface area (Å²) in [6.45, 7) is 13.4. The fourth-order valence-electron chi connectivity index (χ4n) is 1.61. The summed E-state index contributed by atoms with van der Waals surface area (Å²) in [5, 5.41) is 36.6. The lowest BCUT2D eigenvalue weighted by atomic mass is 10.0. The predicted octanol–water partition coefficient (Wildman–Crippen LogP) is 3.60. The Labute approximate surface area is 240 Å². The molecule has 0 heterocycles. The Hall–Kier alpha value is -1.56. The molecule has 0 bridgehead atoms. The zero-order valence-corrected chi connectivity index (χ0v) is 26.2. The minimum atomic E-state index is -0.560. The van der Waals surface area contributed by atoms with E-state index in [0.717, 1.165) is 19.4 Å². The number of hydrogen-bond acceptors (Lipinski definition) is 8. The molecule has 0 aromatic carbocycles. The maximum absolute atomic E-state index is 9.51. The van der Waals surface area contributed by atoms with Gasteiger partial charge in [0.1, 0.15) is 0 Å². The summed E-state index contributed by atoms with van der Waals surface area (Å²) in [5.74, 6) is 0. The molecular formula is C29H66N2O8. The molecule has 39 heavy (non-hydrogen) atoms. The molecule has 2 saturated carbocycles. The van der Waals surface area contributed by atoms with E-state index in [2.05, 4.69) is 28.9 Å². The van der Waals surface area contributed by atoms with Crippen LogP contribution in [0, 0.1) is 0 Å². The zero-order valence-electron chi connectivity index (χ0n) is 26.2. The van der Waals surface area contributed by atoms with Gasteiger partial charge in [-0.3, -0.25) is 9.59 Å². The summed E-state index contributed by atoms with van der Waals surface area (Å²) in [6.07, 6.45) is 17.9. The number of hydrogen-bond donors (Lipinski definition) is 6. The van der Waals surface area contributed by atoms with Crippen LogP contribution in [0.4, 0.5) is 0 Å². The minimum Gasteiger partial charge on any atom is -0.396 e. The number of amides is 2. The summed E-state index contributed by atoms with van der Waals surface area (Å²) < 4.78 is 9.31. The summed E-state index contributed by atoms with van der Waals surface area (Å²) in [5.41, 5.74) is 0. The molecule has 2 rings (SSSR count). The van der Waals surface area contributed by atoms with Crippen molar-refractivity contribution in [3.63, 3.8) is 0 Å². The van der Waals surface area contributed by atoms with Crippen molar-refractivity contribution in [2.75, 3.05) is 60.3 Å². The van der Waals surface area contributed by atoms with Crippen molar-refractivity contribution >= 4 is 12.8 Å². The molecule has 10 nitrogen and oxygen atoms in total. The fraction of sp³-hybridized carbons (Fsp3) is 0.862. The largest absolute Gasteiger partial charge is 0.396 e. The lowest BCUT2D eigenvalue weighted by molar-refractivity contribution is -0.110. The summed E-state index contributed by atoms with van der Waals surface area (Å²) in [7, 11) is 3.30. The van der Waals surface area contributed by atoms with E-state index in [1.165, 1.54) is 64.7 Å². The van der Waals surface area contributed by atoms with Crippen LogP contribution in [0.1, 0.15) is 98.3 Å². The van der Waals surface area contributed by atoms with Gasteiger partial charge in [-0.2, -0.15) is 0 Å². The summed E-state index contributed by atoms with van der Waals surface area (Å²) >= 11 is 0. The highest BCUT2D eigenvalue weighted by Gasteiger charge is 1.95. The molecule has 2 amide bonds. The van der Waals surface area contributed by atoms with Crippen molar-refractivity contribution in [2.45, 2.75) is 104 Å². The first-order valence-electron chi connectivity index (χ1n) is 14.2. The Kier molecular flexibility index (Phi) is 84.4. The molecule has 0 aliphatic heterocycles. The second-order valence-corrected chi connectivity index (χ2v) is 8.20. The van der Waals surface area contributed by atoms with Crippen LogP contribution >= 0.6 is 0 Å². The van der Waals surface area contributed by atoms with E-state index in [1.54, 1.807) is 20.3 Å². The number of nitrogens with one attached hydrogen (secondary N) is 2. The van der Waals surface area contributed by atoms with Crippen molar-refractivity contribution in [2.24, 2.45) is 0 Å². The normalized spacial score (nSPS) is 12.3.